The Labute approximate surface area is 124 Å². The lowest BCUT2D eigenvalue weighted by Crippen LogP contribution is -2.62. The first-order valence-corrected chi connectivity index (χ1v) is 8.04. The third-order valence-corrected chi connectivity index (χ3v) is 4.65. The topological polar surface area (TPSA) is 49.4 Å². The standard InChI is InChI=1S/C15H22N2O2S/c1-4-6-12-15(19)17(13(5-2)14(18)16-12)9-11-8-7-10(3)20-11/h7-8,12-13H,4-6,9H2,1-3H3,(H,16,18). The number of piperazine rings is 1. The van der Waals surface area contributed by atoms with Crippen molar-refractivity contribution in [2.24, 2.45) is 0 Å². The molecule has 2 rings (SSSR count). The highest BCUT2D eigenvalue weighted by atomic mass is 32.1. The fraction of sp³-hybridized carbons (Fsp3) is 0.600. The highest BCUT2D eigenvalue weighted by molar-refractivity contribution is 7.11. The largest absolute Gasteiger partial charge is 0.343 e. The number of carbonyl (C=O) groups is 2. The van der Waals surface area contributed by atoms with Crippen LogP contribution in [0.2, 0.25) is 0 Å². The number of aryl methyl sites for hydroxylation is 1. The Kier molecular flexibility index (Phi) is 4.81. The molecule has 1 aromatic heterocycles. The van der Waals surface area contributed by atoms with Crippen molar-refractivity contribution in [2.75, 3.05) is 0 Å². The second kappa shape index (κ2) is 6.39. The Morgan fingerprint density at radius 3 is 2.60 bits per heavy atom. The van der Waals surface area contributed by atoms with Crippen molar-refractivity contribution in [1.29, 1.82) is 0 Å². The van der Waals surface area contributed by atoms with Gasteiger partial charge in [-0.05, 0) is 31.9 Å². The van der Waals surface area contributed by atoms with Crippen LogP contribution in [0.25, 0.3) is 0 Å². The Balaban J connectivity index is 2.19. The summed E-state index contributed by atoms with van der Waals surface area (Å²) in [5.41, 5.74) is 0. The molecule has 0 aromatic carbocycles. The summed E-state index contributed by atoms with van der Waals surface area (Å²) in [7, 11) is 0. The number of nitrogens with one attached hydrogen (secondary N) is 1. The maximum Gasteiger partial charge on any atom is 0.246 e. The quantitative estimate of drug-likeness (QED) is 0.907. The average molecular weight is 294 g/mol. The molecule has 5 heteroatoms. The summed E-state index contributed by atoms with van der Waals surface area (Å²) in [6.07, 6.45) is 2.25. The van der Waals surface area contributed by atoms with Crippen molar-refractivity contribution in [3.63, 3.8) is 0 Å². The molecule has 2 amide bonds. The van der Waals surface area contributed by atoms with Crippen molar-refractivity contribution < 1.29 is 9.59 Å². The second-order valence-electron chi connectivity index (χ2n) is 5.25. The van der Waals surface area contributed by atoms with Gasteiger partial charge in [-0.1, -0.05) is 20.3 Å². The van der Waals surface area contributed by atoms with Gasteiger partial charge in [0.1, 0.15) is 12.1 Å². The average Bonchev–Trinajstić information content (AvgIpc) is 2.81. The Hall–Kier alpha value is -1.36. The van der Waals surface area contributed by atoms with Crippen LogP contribution in [-0.2, 0) is 16.1 Å². The minimum Gasteiger partial charge on any atom is -0.343 e. The first-order valence-electron chi connectivity index (χ1n) is 7.23. The van der Waals surface area contributed by atoms with E-state index in [1.165, 1.54) is 4.88 Å². The number of rotatable bonds is 5. The number of thiophene rings is 1. The van der Waals surface area contributed by atoms with Crippen LogP contribution in [0.5, 0.6) is 0 Å². The molecule has 1 saturated heterocycles. The van der Waals surface area contributed by atoms with E-state index in [-0.39, 0.29) is 23.9 Å². The maximum atomic E-state index is 12.6. The van der Waals surface area contributed by atoms with Crippen LogP contribution >= 0.6 is 11.3 Å². The van der Waals surface area contributed by atoms with Gasteiger partial charge < -0.3 is 10.2 Å². The van der Waals surface area contributed by atoms with E-state index in [9.17, 15) is 9.59 Å². The molecule has 20 heavy (non-hydrogen) atoms. The van der Waals surface area contributed by atoms with Gasteiger partial charge in [0.05, 0.1) is 6.54 Å². The van der Waals surface area contributed by atoms with Crippen molar-refractivity contribution in [2.45, 2.75) is 58.7 Å². The van der Waals surface area contributed by atoms with Gasteiger partial charge in [-0.15, -0.1) is 11.3 Å². The van der Waals surface area contributed by atoms with Gasteiger partial charge in [0.15, 0.2) is 0 Å². The van der Waals surface area contributed by atoms with Crippen molar-refractivity contribution in [1.82, 2.24) is 10.2 Å². The number of hydrogen-bond donors (Lipinski definition) is 1. The molecule has 1 aromatic rings. The van der Waals surface area contributed by atoms with Crippen molar-refractivity contribution in [3.8, 4) is 0 Å². The van der Waals surface area contributed by atoms with Gasteiger partial charge >= 0.3 is 0 Å². The Bertz CT molecular complexity index is 498. The predicted molar refractivity (Wildman–Crippen MR) is 80.5 cm³/mol. The monoisotopic (exact) mass is 294 g/mol. The van der Waals surface area contributed by atoms with E-state index < -0.39 is 0 Å². The van der Waals surface area contributed by atoms with Gasteiger partial charge in [-0.25, -0.2) is 0 Å². The highest BCUT2D eigenvalue weighted by Crippen LogP contribution is 2.22. The summed E-state index contributed by atoms with van der Waals surface area (Å²) in [5.74, 6) is 0.0446. The molecule has 1 aliphatic heterocycles. The van der Waals surface area contributed by atoms with E-state index in [1.54, 1.807) is 16.2 Å². The predicted octanol–water partition coefficient (Wildman–Crippen LogP) is 2.46. The zero-order valence-corrected chi connectivity index (χ0v) is 13.1. The summed E-state index contributed by atoms with van der Waals surface area (Å²) in [4.78, 5) is 28.8. The van der Waals surface area contributed by atoms with Gasteiger partial charge in [0.2, 0.25) is 11.8 Å². The molecule has 0 bridgehead atoms. The molecule has 1 N–H and O–H groups in total. The molecule has 1 aliphatic rings. The van der Waals surface area contributed by atoms with Crippen molar-refractivity contribution in [3.05, 3.63) is 21.9 Å². The maximum absolute atomic E-state index is 12.6. The van der Waals surface area contributed by atoms with Gasteiger partial charge in [-0.2, -0.15) is 0 Å². The minimum atomic E-state index is -0.351. The number of amides is 2. The molecule has 4 nitrogen and oxygen atoms in total. The number of nitrogens with zero attached hydrogens (tertiary/aromatic N) is 1. The summed E-state index contributed by atoms with van der Waals surface area (Å²) < 4.78 is 0. The van der Waals surface area contributed by atoms with Crippen molar-refractivity contribution >= 4 is 23.2 Å². The molecular formula is C15H22N2O2S. The fourth-order valence-corrected chi connectivity index (χ4v) is 3.53. The minimum absolute atomic E-state index is 0.0150. The third-order valence-electron chi connectivity index (χ3n) is 3.66. The zero-order valence-electron chi connectivity index (χ0n) is 12.3. The van der Waals surface area contributed by atoms with Crippen LogP contribution in [0.1, 0.15) is 42.9 Å². The van der Waals surface area contributed by atoms with E-state index in [0.29, 0.717) is 19.4 Å². The Morgan fingerprint density at radius 1 is 1.30 bits per heavy atom. The summed E-state index contributed by atoms with van der Waals surface area (Å²) in [5, 5.41) is 2.86. The van der Waals surface area contributed by atoms with Crippen LogP contribution in [0.4, 0.5) is 0 Å². The molecule has 2 unspecified atom stereocenters. The molecule has 0 saturated carbocycles. The summed E-state index contributed by atoms with van der Waals surface area (Å²) >= 11 is 1.69. The highest BCUT2D eigenvalue weighted by Gasteiger charge is 2.39. The second-order valence-corrected chi connectivity index (χ2v) is 6.62. The van der Waals surface area contributed by atoms with E-state index in [4.69, 9.17) is 0 Å². The SMILES string of the molecule is CCCC1NC(=O)C(CC)N(Cc2ccc(C)s2)C1=O. The van der Waals surface area contributed by atoms with Gasteiger partial charge in [-0.3, -0.25) is 9.59 Å². The molecular weight excluding hydrogens is 272 g/mol. The first-order chi connectivity index (χ1) is 9.56. The van der Waals surface area contributed by atoms with Crippen LogP contribution in [0, 0.1) is 6.92 Å². The van der Waals surface area contributed by atoms with E-state index in [0.717, 1.165) is 11.3 Å². The van der Waals surface area contributed by atoms with Crippen LogP contribution in [0.15, 0.2) is 12.1 Å². The number of carbonyl (C=O) groups excluding carboxylic acids is 2. The third kappa shape index (κ3) is 3.03. The molecule has 0 aliphatic carbocycles. The zero-order chi connectivity index (χ0) is 14.7. The molecule has 0 spiro atoms. The summed E-state index contributed by atoms with van der Waals surface area (Å²) in [6.45, 7) is 6.57. The van der Waals surface area contributed by atoms with E-state index >= 15 is 0 Å². The molecule has 1 fully saturated rings. The van der Waals surface area contributed by atoms with Gasteiger partial charge in [0.25, 0.3) is 0 Å². The van der Waals surface area contributed by atoms with Crippen LogP contribution < -0.4 is 5.32 Å². The lowest BCUT2D eigenvalue weighted by Gasteiger charge is -2.38. The summed E-state index contributed by atoms with van der Waals surface area (Å²) in [6, 6.07) is 3.41. The smallest absolute Gasteiger partial charge is 0.246 e. The van der Waals surface area contributed by atoms with Gasteiger partial charge in [0, 0.05) is 9.75 Å². The molecule has 0 radical (unpaired) electrons. The van der Waals surface area contributed by atoms with Crippen LogP contribution in [-0.4, -0.2) is 28.8 Å². The fourth-order valence-electron chi connectivity index (χ4n) is 2.64. The van der Waals surface area contributed by atoms with E-state index in [2.05, 4.69) is 18.3 Å². The lowest BCUT2D eigenvalue weighted by atomic mass is 10.0. The number of hydrogen-bond acceptors (Lipinski definition) is 3. The lowest BCUT2D eigenvalue weighted by molar-refractivity contribution is -0.150. The first kappa shape index (κ1) is 15.0. The molecule has 2 atom stereocenters. The van der Waals surface area contributed by atoms with Crippen LogP contribution in [0.3, 0.4) is 0 Å². The molecule has 2 heterocycles. The molecule has 110 valence electrons. The Morgan fingerprint density at radius 2 is 2.05 bits per heavy atom. The normalized spacial score (nSPS) is 23.1. The van der Waals surface area contributed by atoms with E-state index in [1.807, 2.05) is 19.9 Å².